The van der Waals surface area contributed by atoms with Gasteiger partial charge in [0.25, 0.3) is 0 Å². The number of hydrogen-bond acceptors (Lipinski definition) is 19. The summed E-state index contributed by atoms with van der Waals surface area (Å²) in [6.07, 6.45) is -17.6. The van der Waals surface area contributed by atoms with Crippen LogP contribution in [0, 0.1) is 0 Å². The summed E-state index contributed by atoms with van der Waals surface area (Å²) < 4.78 is 74.2. The molecule has 3 fully saturated rings. The van der Waals surface area contributed by atoms with Crippen molar-refractivity contribution in [3.8, 4) is 0 Å². The van der Waals surface area contributed by atoms with Gasteiger partial charge in [0, 0.05) is 0 Å². The zero-order chi connectivity index (χ0) is 55.1. The fraction of sp³-hybridized carbons (Fsp3) is 0.267. The SMILES string of the molecule is C=CCO[C@H]1OC[C@@H](O)[C@H](O[C@@H]2O[C@@H](COC(=O)c3ccccc3)[C@H](OC(=O)c3ccccc3)[C@H]2OC(=O)c2ccccc2)[C@H]1O[C@@H]1O[C@@H](COC(=O)c2ccccc2)[C@H](OC(=O)c2ccccc2)[C@H]1OC(=O)c1ccccc1. The molecule has 0 unspecified atom stereocenters. The topological polar surface area (TPSA) is 233 Å². The Labute approximate surface area is 453 Å². The van der Waals surface area contributed by atoms with Gasteiger partial charge in [0.15, 0.2) is 43.3 Å². The number of ether oxygens (including phenoxy) is 12. The largest absolute Gasteiger partial charge is 0.459 e. The molecule has 3 heterocycles. The van der Waals surface area contributed by atoms with Crippen LogP contribution >= 0.6 is 0 Å². The maximum atomic E-state index is 14.1. The van der Waals surface area contributed by atoms with Crippen molar-refractivity contribution in [3.63, 3.8) is 0 Å². The van der Waals surface area contributed by atoms with Gasteiger partial charge in [-0.2, -0.15) is 0 Å². The molecule has 3 aliphatic rings. The van der Waals surface area contributed by atoms with Crippen LogP contribution in [0.4, 0.5) is 0 Å². The molecule has 0 spiro atoms. The first-order valence-electron chi connectivity index (χ1n) is 25.2. The third kappa shape index (κ3) is 14.0. The Bertz CT molecular complexity index is 2990. The normalized spacial score (nSPS) is 25.2. The molecule has 6 aromatic carbocycles. The molecule has 3 aliphatic heterocycles. The number of benzene rings is 6. The van der Waals surface area contributed by atoms with E-state index in [0.717, 1.165) is 0 Å². The molecule has 0 amide bonds. The minimum absolute atomic E-state index is 0.0964. The predicted molar refractivity (Wildman–Crippen MR) is 275 cm³/mol. The molecule has 0 radical (unpaired) electrons. The van der Waals surface area contributed by atoms with E-state index in [2.05, 4.69) is 6.58 Å². The first-order chi connectivity index (χ1) is 38.5. The van der Waals surface area contributed by atoms with Crippen LogP contribution < -0.4 is 0 Å². The Morgan fingerprint density at radius 2 is 0.722 bits per heavy atom. The lowest BCUT2D eigenvalue weighted by Crippen LogP contribution is -2.59. The van der Waals surface area contributed by atoms with E-state index in [0.29, 0.717) is 0 Å². The van der Waals surface area contributed by atoms with Gasteiger partial charge in [-0.3, -0.25) is 0 Å². The zero-order valence-electron chi connectivity index (χ0n) is 42.2. The number of rotatable bonds is 21. The van der Waals surface area contributed by atoms with Gasteiger partial charge in [-0.15, -0.1) is 6.58 Å². The van der Waals surface area contributed by atoms with Crippen LogP contribution in [-0.4, -0.2) is 141 Å². The van der Waals surface area contributed by atoms with Gasteiger partial charge in [0.2, 0.25) is 0 Å². The molecular formula is C60H54O19. The van der Waals surface area contributed by atoms with Crippen molar-refractivity contribution in [1.29, 1.82) is 0 Å². The van der Waals surface area contributed by atoms with Crippen LogP contribution in [0.25, 0.3) is 0 Å². The number of aliphatic hydroxyl groups excluding tert-OH is 1. The molecule has 79 heavy (non-hydrogen) atoms. The van der Waals surface area contributed by atoms with Crippen LogP contribution in [0.15, 0.2) is 195 Å². The molecule has 9 rings (SSSR count). The van der Waals surface area contributed by atoms with Gasteiger partial charge < -0.3 is 61.9 Å². The summed E-state index contributed by atoms with van der Waals surface area (Å²) in [4.78, 5) is 82.7. The smallest absolute Gasteiger partial charge is 0.338 e. The van der Waals surface area contributed by atoms with Crippen molar-refractivity contribution in [2.75, 3.05) is 26.4 Å². The summed E-state index contributed by atoms with van der Waals surface area (Å²) in [5.74, 6) is -5.02. The average molecular weight is 1080 g/mol. The van der Waals surface area contributed by atoms with Crippen molar-refractivity contribution >= 4 is 35.8 Å². The minimum atomic E-state index is -1.76. The van der Waals surface area contributed by atoms with Crippen LogP contribution in [0.3, 0.4) is 0 Å². The number of carbonyl (C=O) groups is 6. The number of carbonyl (C=O) groups excluding carboxylic acids is 6. The summed E-state index contributed by atoms with van der Waals surface area (Å²) in [6, 6.07) is 47.9. The molecule has 12 atom stereocenters. The number of esters is 6. The second-order valence-electron chi connectivity index (χ2n) is 18.1. The van der Waals surface area contributed by atoms with Gasteiger partial charge in [-0.05, 0) is 72.8 Å². The minimum Gasteiger partial charge on any atom is -0.459 e. The summed E-state index contributed by atoms with van der Waals surface area (Å²) in [7, 11) is 0. The predicted octanol–water partition coefficient (Wildman–Crippen LogP) is 6.74. The monoisotopic (exact) mass is 1080 g/mol. The maximum Gasteiger partial charge on any atom is 0.338 e. The molecule has 0 bridgehead atoms. The van der Waals surface area contributed by atoms with E-state index in [-0.39, 0.29) is 40.0 Å². The van der Waals surface area contributed by atoms with Crippen molar-refractivity contribution in [3.05, 3.63) is 228 Å². The molecule has 19 nitrogen and oxygen atoms in total. The van der Waals surface area contributed by atoms with Crippen LogP contribution in [-0.2, 0) is 56.8 Å². The molecule has 6 aromatic rings. The maximum absolute atomic E-state index is 14.1. The molecule has 408 valence electrons. The standard InChI is InChI=1S/C60H54O19/c1-2-33-68-58-49(79-60-51(77-57(67)42-31-19-8-20-32-42)48(75-55(65)40-27-15-6-16-28-40)45(73-60)36-70-53(63)38-23-11-4-12-24-38)46(43(61)34-71-58)78-59-50(76-56(66)41-29-17-7-18-30-41)47(74-54(64)39-25-13-5-14-26-39)44(72-59)35-69-52(62)37-21-9-3-10-22-37/h2-32,43-51,58-61H,1,33-36H2/t43-,44+,45+,46+,47+,48+,49-,50-,51-,58+,59+,60+/m1/s1. The molecule has 0 aromatic heterocycles. The Balaban J connectivity index is 1.07. The van der Waals surface area contributed by atoms with Crippen LogP contribution in [0.2, 0.25) is 0 Å². The fourth-order valence-electron chi connectivity index (χ4n) is 8.78. The Morgan fingerprint density at radius 1 is 0.418 bits per heavy atom. The summed E-state index contributed by atoms with van der Waals surface area (Å²) in [6.45, 7) is 2.01. The second kappa shape index (κ2) is 26.8. The lowest BCUT2D eigenvalue weighted by Gasteiger charge is -2.42. The fourth-order valence-corrected chi connectivity index (χ4v) is 8.78. The highest BCUT2D eigenvalue weighted by Gasteiger charge is 2.57. The van der Waals surface area contributed by atoms with Crippen LogP contribution in [0.1, 0.15) is 62.1 Å². The van der Waals surface area contributed by atoms with Gasteiger partial charge in [0.1, 0.15) is 43.7 Å². The molecule has 0 saturated carbocycles. The summed E-state index contributed by atoms with van der Waals surface area (Å²) in [5.41, 5.74) is 0.832. The van der Waals surface area contributed by atoms with E-state index in [1.165, 1.54) is 78.9 Å². The van der Waals surface area contributed by atoms with E-state index < -0.39 is 129 Å². The second-order valence-corrected chi connectivity index (χ2v) is 18.1. The Hall–Kier alpha value is -8.40. The van der Waals surface area contributed by atoms with E-state index in [4.69, 9.17) is 56.8 Å². The van der Waals surface area contributed by atoms with E-state index in [1.54, 1.807) is 109 Å². The lowest BCUT2D eigenvalue weighted by atomic mass is 10.0. The lowest BCUT2D eigenvalue weighted by molar-refractivity contribution is -0.340. The average Bonchev–Trinajstić information content (AvgIpc) is 4.06. The highest BCUT2D eigenvalue weighted by atomic mass is 16.8. The molecule has 19 heteroatoms. The van der Waals surface area contributed by atoms with Gasteiger partial charge in [-0.25, -0.2) is 28.8 Å². The highest BCUT2D eigenvalue weighted by Crippen LogP contribution is 2.37. The first kappa shape index (κ1) is 55.4. The van der Waals surface area contributed by atoms with E-state index in [9.17, 15) is 33.9 Å². The molecule has 3 saturated heterocycles. The van der Waals surface area contributed by atoms with E-state index >= 15 is 0 Å². The zero-order valence-corrected chi connectivity index (χ0v) is 42.2. The van der Waals surface area contributed by atoms with Gasteiger partial charge >= 0.3 is 35.8 Å². The number of aliphatic hydroxyl groups is 1. The van der Waals surface area contributed by atoms with Crippen molar-refractivity contribution in [1.82, 2.24) is 0 Å². The molecule has 1 N–H and O–H groups in total. The van der Waals surface area contributed by atoms with E-state index in [1.807, 2.05) is 0 Å². The molecule has 0 aliphatic carbocycles. The Kier molecular flexibility index (Phi) is 18.8. The van der Waals surface area contributed by atoms with Gasteiger partial charge in [-0.1, -0.05) is 115 Å². The Morgan fingerprint density at radius 3 is 1.05 bits per heavy atom. The van der Waals surface area contributed by atoms with Gasteiger partial charge in [0.05, 0.1) is 46.6 Å². The van der Waals surface area contributed by atoms with Crippen molar-refractivity contribution < 1.29 is 90.7 Å². The first-order valence-corrected chi connectivity index (χ1v) is 25.2. The highest BCUT2D eigenvalue weighted by molar-refractivity contribution is 5.92. The van der Waals surface area contributed by atoms with Crippen molar-refractivity contribution in [2.24, 2.45) is 0 Å². The quantitative estimate of drug-likeness (QED) is 0.0446. The number of hydrogen-bond donors (Lipinski definition) is 1. The molecular weight excluding hydrogens is 1020 g/mol. The van der Waals surface area contributed by atoms with Crippen molar-refractivity contribution in [2.45, 2.75) is 73.8 Å². The third-order valence-electron chi connectivity index (χ3n) is 12.7. The summed E-state index contributed by atoms with van der Waals surface area (Å²) in [5, 5.41) is 12.0. The van der Waals surface area contributed by atoms with Crippen LogP contribution in [0.5, 0.6) is 0 Å². The third-order valence-corrected chi connectivity index (χ3v) is 12.7. The summed E-state index contributed by atoms with van der Waals surface area (Å²) >= 11 is 0.